The summed E-state index contributed by atoms with van der Waals surface area (Å²) in [6, 6.07) is 4.28. The fourth-order valence-corrected chi connectivity index (χ4v) is 2.40. The standard InChI is InChI=1S/C13H17N3O4/c1-20-11-5-4-9(8-10(11)16(18)19)15-12(17)13(14)6-2-3-7-13/h4-5,8H,2-3,6-7,14H2,1H3,(H,15,17). The Morgan fingerprint density at radius 2 is 2.10 bits per heavy atom. The molecule has 20 heavy (non-hydrogen) atoms. The van der Waals surface area contributed by atoms with Gasteiger partial charge in [-0.25, -0.2) is 0 Å². The summed E-state index contributed by atoms with van der Waals surface area (Å²) in [7, 11) is 1.36. The Hall–Kier alpha value is -2.15. The second kappa shape index (κ2) is 5.46. The predicted molar refractivity (Wildman–Crippen MR) is 73.7 cm³/mol. The summed E-state index contributed by atoms with van der Waals surface area (Å²) in [4.78, 5) is 22.5. The molecule has 108 valence electrons. The first kappa shape index (κ1) is 14.3. The summed E-state index contributed by atoms with van der Waals surface area (Å²) in [5, 5.41) is 13.6. The third-order valence-corrected chi connectivity index (χ3v) is 3.58. The number of carbonyl (C=O) groups is 1. The highest BCUT2D eigenvalue weighted by Gasteiger charge is 2.37. The number of rotatable bonds is 4. The molecule has 2 rings (SSSR count). The molecule has 1 aromatic rings. The van der Waals surface area contributed by atoms with Crippen LogP contribution in [0.25, 0.3) is 0 Å². The Morgan fingerprint density at radius 3 is 2.65 bits per heavy atom. The van der Waals surface area contributed by atoms with Crippen molar-refractivity contribution in [2.45, 2.75) is 31.2 Å². The molecule has 1 aliphatic carbocycles. The quantitative estimate of drug-likeness (QED) is 0.645. The lowest BCUT2D eigenvalue weighted by Gasteiger charge is -2.22. The number of hydrogen-bond acceptors (Lipinski definition) is 5. The van der Waals surface area contributed by atoms with Crippen LogP contribution < -0.4 is 15.8 Å². The number of amides is 1. The summed E-state index contributed by atoms with van der Waals surface area (Å²) < 4.78 is 4.91. The van der Waals surface area contributed by atoms with Gasteiger partial charge in [-0.2, -0.15) is 0 Å². The maximum absolute atomic E-state index is 12.1. The van der Waals surface area contributed by atoms with Gasteiger partial charge in [-0.1, -0.05) is 12.8 Å². The van der Waals surface area contributed by atoms with E-state index in [4.69, 9.17) is 10.5 Å². The molecule has 0 heterocycles. The lowest BCUT2D eigenvalue weighted by Crippen LogP contribution is -2.48. The largest absolute Gasteiger partial charge is 0.490 e. The van der Waals surface area contributed by atoms with Gasteiger partial charge in [-0.05, 0) is 25.0 Å². The van der Waals surface area contributed by atoms with Gasteiger partial charge >= 0.3 is 5.69 Å². The minimum Gasteiger partial charge on any atom is -0.490 e. The Bertz CT molecular complexity index is 538. The number of benzene rings is 1. The van der Waals surface area contributed by atoms with E-state index in [2.05, 4.69) is 5.32 Å². The van der Waals surface area contributed by atoms with Crippen molar-refractivity contribution in [3.8, 4) is 5.75 Å². The molecule has 0 radical (unpaired) electrons. The van der Waals surface area contributed by atoms with E-state index in [1.54, 1.807) is 6.07 Å². The van der Waals surface area contributed by atoms with Crippen molar-refractivity contribution in [3.63, 3.8) is 0 Å². The van der Waals surface area contributed by atoms with Crippen LogP contribution in [-0.4, -0.2) is 23.5 Å². The number of methoxy groups -OCH3 is 1. The van der Waals surface area contributed by atoms with Crippen LogP contribution in [0.1, 0.15) is 25.7 Å². The highest BCUT2D eigenvalue weighted by Crippen LogP contribution is 2.32. The van der Waals surface area contributed by atoms with Crippen LogP contribution in [0.2, 0.25) is 0 Å². The molecule has 1 aromatic carbocycles. The molecule has 0 saturated heterocycles. The van der Waals surface area contributed by atoms with Gasteiger partial charge < -0.3 is 15.8 Å². The van der Waals surface area contributed by atoms with E-state index in [-0.39, 0.29) is 17.3 Å². The second-order valence-electron chi connectivity index (χ2n) is 4.96. The molecule has 1 amide bonds. The summed E-state index contributed by atoms with van der Waals surface area (Å²) >= 11 is 0. The molecule has 0 bridgehead atoms. The molecule has 1 fully saturated rings. The predicted octanol–water partition coefficient (Wildman–Crippen LogP) is 1.81. The van der Waals surface area contributed by atoms with E-state index in [1.807, 2.05) is 0 Å². The molecular formula is C13H17N3O4. The number of anilines is 1. The molecule has 0 spiro atoms. The zero-order valence-corrected chi connectivity index (χ0v) is 11.2. The van der Waals surface area contributed by atoms with Crippen molar-refractivity contribution in [1.29, 1.82) is 0 Å². The molecule has 1 saturated carbocycles. The maximum Gasteiger partial charge on any atom is 0.312 e. The summed E-state index contributed by atoms with van der Waals surface area (Å²) in [6.07, 6.45) is 3.12. The van der Waals surface area contributed by atoms with Crippen LogP contribution in [-0.2, 0) is 4.79 Å². The van der Waals surface area contributed by atoms with Crippen molar-refractivity contribution in [1.82, 2.24) is 0 Å². The number of nitrogens with two attached hydrogens (primary N) is 1. The fourth-order valence-electron chi connectivity index (χ4n) is 2.40. The molecule has 1 aliphatic rings. The van der Waals surface area contributed by atoms with Gasteiger partial charge in [0, 0.05) is 11.8 Å². The third kappa shape index (κ3) is 2.72. The molecule has 0 atom stereocenters. The van der Waals surface area contributed by atoms with E-state index in [0.29, 0.717) is 18.5 Å². The van der Waals surface area contributed by atoms with E-state index >= 15 is 0 Å². The summed E-state index contributed by atoms with van der Waals surface area (Å²) in [6.45, 7) is 0. The van der Waals surface area contributed by atoms with Gasteiger partial charge in [0.1, 0.15) is 0 Å². The second-order valence-corrected chi connectivity index (χ2v) is 4.96. The maximum atomic E-state index is 12.1. The highest BCUT2D eigenvalue weighted by atomic mass is 16.6. The van der Waals surface area contributed by atoms with E-state index in [9.17, 15) is 14.9 Å². The van der Waals surface area contributed by atoms with Crippen LogP contribution >= 0.6 is 0 Å². The zero-order valence-electron chi connectivity index (χ0n) is 11.2. The lowest BCUT2D eigenvalue weighted by molar-refractivity contribution is -0.385. The number of nitrogens with one attached hydrogen (secondary N) is 1. The monoisotopic (exact) mass is 279 g/mol. The van der Waals surface area contributed by atoms with Gasteiger partial charge in [0.25, 0.3) is 0 Å². The zero-order chi connectivity index (χ0) is 14.8. The van der Waals surface area contributed by atoms with Crippen molar-refractivity contribution >= 4 is 17.3 Å². The topological polar surface area (TPSA) is 107 Å². The van der Waals surface area contributed by atoms with Crippen molar-refractivity contribution in [2.75, 3.05) is 12.4 Å². The SMILES string of the molecule is COc1ccc(NC(=O)C2(N)CCCC2)cc1[N+](=O)[O-]. The van der Waals surface area contributed by atoms with E-state index < -0.39 is 10.5 Å². The minimum absolute atomic E-state index is 0.149. The molecule has 3 N–H and O–H groups in total. The molecule has 0 aromatic heterocycles. The van der Waals surface area contributed by atoms with Crippen LogP contribution in [0.15, 0.2) is 18.2 Å². The van der Waals surface area contributed by atoms with Crippen molar-refractivity contribution < 1.29 is 14.5 Å². The highest BCUT2D eigenvalue weighted by molar-refractivity contribution is 5.98. The molecule has 7 heteroatoms. The molecule has 0 aliphatic heterocycles. The van der Waals surface area contributed by atoms with E-state index in [1.165, 1.54) is 19.2 Å². The average Bonchev–Trinajstić information content (AvgIpc) is 2.87. The van der Waals surface area contributed by atoms with Gasteiger partial charge in [0.2, 0.25) is 5.91 Å². The first-order valence-electron chi connectivity index (χ1n) is 6.39. The first-order valence-corrected chi connectivity index (χ1v) is 6.39. The van der Waals surface area contributed by atoms with Crippen LogP contribution in [0.4, 0.5) is 11.4 Å². The van der Waals surface area contributed by atoms with Crippen LogP contribution in [0, 0.1) is 10.1 Å². The number of nitrogens with zero attached hydrogens (tertiary/aromatic N) is 1. The van der Waals surface area contributed by atoms with Gasteiger partial charge in [0.15, 0.2) is 5.75 Å². The molecule has 0 unspecified atom stereocenters. The summed E-state index contributed by atoms with van der Waals surface area (Å²) in [5.41, 5.74) is 5.32. The van der Waals surface area contributed by atoms with Crippen LogP contribution in [0.5, 0.6) is 5.75 Å². The smallest absolute Gasteiger partial charge is 0.312 e. The van der Waals surface area contributed by atoms with Gasteiger partial charge in [0.05, 0.1) is 17.6 Å². The van der Waals surface area contributed by atoms with Crippen molar-refractivity contribution in [2.24, 2.45) is 5.73 Å². The Balaban J connectivity index is 2.19. The first-order chi connectivity index (χ1) is 9.46. The van der Waals surface area contributed by atoms with Crippen LogP contribution in [0.3, 0.4) is 0 Å². The Labute approximate surface area is 116 Å². The number of carbonyl (C=O) groups excluding carboxylic acids is 1. The van der Waals surface area contributed by atoms with Gasteiger partial charge in [-0.15, -0.1) is 0 Å². The molecule has 7 nitrogen and oxygen atoms in total. The van der Waals surface area contributed by atoms with Gasteiger partial charge in [-0.3, -0.25) is 14.9 Å². The number of nitro benzene ring substituents is 1. The Kier molecular flexibility index (Phi) is 3.89. The average molecular weight is 279 g/mol. The lowest BCUT2D eigenvalue weighted by atomic mass is 9.98. The minimum atomic E-state index is -0.866. The molecular weight excluding hydrogens is 262 g/mol. The number of ether oxygens (including phenoxy) is 1. The van der Waals surface area contributed by atoms with E-state index in [0.717, 1.165) is 12.8 Å². The third-order valence-electron chi connectivity index (χ3n) is 3.58. The number of nitro groups is 1. The number of hydrogen-bond donors (Lipinski definition) is 2. The fraction of sp³-hybridized carbons (Fsp3) is 0.462. The normalized spacial score (nSPS) is 16.7. The summed E-state index contributed by atoms with van der Waals surface area (Å²) in [5.74, 6) is -0.147. The van der Waals surface area contributed by atoms with Crippen molar-refractivity contribution in [3.05, 3.63) is 28.3 Å². The Morgan fingerprint density at radius 1 is 1.45 bits per heavy atom.